The van der Waals surface area contributed by atoms with Gasteiger partial charge in [0.2, 0.25) is 0 Å². The lowest BCUT2D eigenvalue weighted by atomic mass is 10.1. The van der Waals surface area contributed by atoms with E-state index in [1.807, 2.05) is 18.3 Å². The van der Waals surface area contributed by atoms with Crippen molar-refractivity contribution in [2.75, 3.05) is 31.1 Å². The van der Waals surface area contributed by atoms with Gasteiger partial charge in [0.15, 0.2) is 0 Å². The highest BCUT2D eigenvalue weighted by molar-refractivity contribution is 6.35. The highest BCUT2D eigenvalue weighted by Gasteiger charge is 2.13. The zero-order chi connectivity index (χ0) is 11.7. The van der Waals surface area contributed by atoms with Crippen LogP contribution in [-0.2, 0) is 0 Å². The Bertz CT molecular complexity index is 539. The van der Waals surface area contributed by atoms with Gasteiger partial charge in [-0.25, -0.2) is 0 Å². The van der Waals surface area contributed by atoms with Crippen molar-refractivity contribution in [3.05, 3.63) is 35.5 Å². The van der Waals surface area contributed by atoms with Gasteiger partial charge < -0.3 is 10.2 Å². The summed E-state index contributed by atoms with van der Waals surface area (Å²) in [4.78, 5) is 6.75. The SMILES string of the molecule is Cl.Clc1cccc2c(N3CCNCC3)ccnc12. The van der Waals surface area contributed by atoms with Crippen molar-refractivity contribution in [3.8, 4) is 0 Å². The van der Waals surface area contributed by atoms with Crippen molar-refractivity contribution < 1.29 is 0 Å². The van der Waals surface area contributed by atoms with Crippen LogP contribution in [0, 0.1) is 0 Å². The molecule has 0 bridgehead atoms. The van der Waals surface area contributed by atoms with E-state index in [0.29, 0.717) is 0 Å². The van der Waals surface area contributed by atoms with Crippen molar-refractivity contribution >= 4 is 40.6 Å². The molecular weight excluding hydrogens is 269 g/mol. The second kappa shape index (κ2) is 5.74. The van der Waals surface area contributed by atoms with E-state index < -0.39 is 0 Å². The second-order valence-electron chi connectivity index (χ2n) is 4.20. The first-order chi connectivity index (χ1) is 8.36. The first-order valence-corrected chi connectivity index (χ1v) is 6.23. The van der Waals surface area contributed by atoms with Crippen molar-refractivity contribution in [2.45, 2.75) is 0 Å². The van der Waals surface area contributed by atoms with Crippen LogP contribution in [-0.4, -0.2) is 31.2 Å². The number of rotatable bonds is 1. The van der Waals surface area contributed by atoms with Crippen molar-refractivity contribution in [3.63, 3.8) is 0 Å². The average molecular weight is 284 g/mol. The fraction of sp³-hybridized carbons (Fsp3) is 0.308. The maximum atomic E-state index is 6.17. The number of para-hydroxylation sites is 1. The number of nitrogens with one attached hydrogen (secondary N) is 1. The van der Waals surface area contributed by atoms with Gasteiger partial charge in [-0.05, 0) is 12.1 Å². The Balaban J connectivity index is 0.00000120. The molecule has 0 saturated carbocycles. The largest absolute Gasteiger partial charge is 0.368 e. The predicted octanol–water partition coefficient (Wildman–Crippen LogP) is 2.72. The predicted molar refractivity (Wildman–Crippen MR) is 79.1 cm³/mol. The summed E-state index contributed by atoms with van der Waals surface area (Å²) >= 11 is 6.17. The highest BCUT2D eigenvalue weighted by atomic mass is 35.5. The van der Waals surface area contributed by atoms with E-state index in [4.69, 9.17) is 11.6 Å². The van der Waals surface area contributed by atoms with E-state index in [1.54, 1.807) is 0 Å². The number of benzene rings is 1. The van der Waals surface area contributed by atoms with Crippen molar-refractivity contribution in [1.29, 1.82) is 0 Å². The smallest absolute Gasteiger partial charge is 0.0908 e. The summed E-state index contributed by atoms with van der Waals surface area (Å²) in [5, 5.41) is 5.22. The lowest BCUT2D eigenvalue weighted by Gasteiger charge is -2.30. The standard InChI is InChI=1S/C13H14ClN3.ClH/c14-11-3-1-2-10-12(4-5-16-13(10)11)17-8-6-15-7-9-17;/h1-5,15H,6-9H2;1H. The van der Waals surface area contributed by atoms with Crippen LogP contribution in [0.5, 0.6) is 0 Å². The molecule has 0 atom stereocenters. The van der Waals surface area contributed by atoms with Crippen LogP contribution >= 0.6 is 24.0 Å². The maximum absolute atomic E-state index is 6.17. The summed E-state index contributed by atoms with van der Waals surface area (Å²) in [7, 11) is 0. The molecule has 0 amide bonds. The van der Waals surface area contributed by atoms with Crippen LogP contribution in [0.25, 0.3) is 10.9 Å². The Kier molecular flexibility index (Phi) is 4.27. The van der Waals surface area contributed by atoms with E-state index in [9.17, 15) is 0 Å². The number of nitrogens with zero attached hydrogens (tertiary/aromatic N) is 2. The van der Waals surface area contributed by atoms with Crippen LogP contribution in [0.15, 0.2) is 30.5 Å². The maximum Gasteiger partial charge on any atom is 0.0908 e. The minimum absolute atomic E-state index is 0. The molecule has 1 aromatic carbocycles. The molecule has 1 fully saturated rings. The zero-order valence-electron chi connectivity index (χ0n) is 9.90. The van der Waals surface area contributed by atoms with E-state index in [2.05, 4.69) is 27.3 Å². The van der Waals surface area contributed by atoms with Crippen LogP contribution in [0.4, 0.5) is 5.69 Å². The molecule has 1 N–H and O–H groups in total. The molecule has 1 aromatic heterocycles. The summed E-state index contributed by atoms with van der Waals surface area (Å²) in [6.45, 7) is 4.13. The first-order valence-electron chi connectivity index (χ1n) is 5.85. The summed E-state index contributed by atoms with van der Waals surface area (Å²) < 4.78 is 0. The summed E-state index contributed by atoms with van der Waals surface area (Å²) in [5.41, 5.74) is 2.13. The van der Waals surface area contributed by atoms with Gasteiger partial charge in [0.1, 0.15) is 0 Å². The minimum atomic E-state index is 0. The van der Waals surface area contributed by atoms with Gasteiger partial charge in [0.05, 0.1) is 10.5 Å². The van der Waals surface area contributed by atoms with Crippen LogP contribution < -0.4 is 10.2 Å². The Labute approximate surface area is 118 Å². The molecule has 5 heteroatoms. The highest BCUT2D eigenvalue weighted by Crippen LogP contribution is 2.29. The molecule has 18 heavy (non-hydrogen) atoms. The Hall–Kier alpha value is -1.03. The van der Waals surface area contributed by atoms with E-state index >= 15 is 0 Å². The molecule has 0 aliphatic carbocycles. The lowest BCUT2D eigenvalue weighted by Crippen LogP contribution is -2.43. The van der Waals surface area contributed by atoms with Crippen molar-refractivity contribution in [2.24, 2.45) is 0 Å². The fourth-order valence-corrected chi connectivity index (χ4v) is 2.53. The minimum Gasteiger partial charge on any atom is -0.368 e. The first kappa shape index (κ1) is 13.4. The average Bonchev–Trinajstić information content (AvgIpc) is 2.40. The molecule has 0 radical (unpaired) electrons. The quantitative estimate of drug-likeness (QED) is 0.872. The van der Waals surface area contributed by atoms with Gasteiger partial charge >= 0.3 is 0 Å². The summed E-state index contributed by atoms with van der Waals surface area (Å²) in [6, 6.07) is 8.03. The Morgan fingerprint density at radius 2 is 1.94 bits per heavy atom. The normalized spacial score (nSPS) is 15.5. The molecule has 2 heterocycles. The third-order valence-electron chi connectivity index (χ3n) is 3.16. The lowest BCUT2D eigenvalue weighted by molar-refractivity contribution is 0.590. The van der Waals surface area contributed by atoms with Crippen LogP contribution in [0.3, 0.4) is 0 Å². The van der Waals surface area contributed by atoms with Crippen LogP contribution in [0.2, 0.25) is 5.02 Å². The van der Waals surface area contributed by atoms with Gasteiger partial charge in [0, 0.05) is 43.4 Å². The molecule has 2 aromatic rings. The Morgan fingerprint density at radius 3 is 2.72 bits per heavy atom. The number of piperazine rings is 1. The second-order valence-corrected chi connectivity index (χ2v) is 4.61. The zero-order valence-corrected chi connectivity index (χ0v) is 11.5. The number of hydrogen-bond donors (Lipinski definition) is 1. The van der Waals surface area contributed by atoms with E-state index in [0.717, 1.165) is 42.1 Å². The molecule has 1 saturated heterocycles. The number of pyridine rings is 1. The fourth-order valence-electron chi connectivity index (χ4n) is 2.31. The van der Waals surface area contributed by atoms with Gasteiger partial charge in [-0.2, -0.15) is 0 Å². The van der Waals surface area contributed by atoms with Gasteiger partial charge in [-0.15, -0.1) is 12.4 Å². The Morgan fingerprint density at radius 1 is 1.17 bits per heavy atom. The van der Waals surface area contributed by atoms with Gasteiger partial charge in [-0.3, -0.25) is 4.98 Å². The number of halogens is 2. The number of aromatic nitrogens is 1. The molecular formula is C13H15Cl2N3. The topological polar surface area (TPSA) is 28.2 Å². The van der Waals surface area contributed by atoms with Gasteiger partial charge in [0.25, 0.3) is 0 Å². The van der Waals surface area contributed by atoms with Crippen LogP contribution in [0.1, 0.15) is 0 Å². The molecule has 3 rings (SSSR count). The molecule has 1 aliphatic heterocycles. The third kappa shape index (κ3) is 2.39. The van der Waals surface area contributed by atoms with Crippen molar-refractivity contribution in [1.82, 2.24) is 10.3 Å². The number of anilines is 1. The molecule has 96 valence electrons. The molecule has 0 spiro atoms. The molecule has 3 nitrogen and oxygen atoms in total. The summed E-state index contributed by atoms with van der Waals surface area (Å²) in [6.07, 6.45) is 1.84. The molecule has 1 aliphatic rings. The van der Waals surface area contributed by atoms with E-state index in [-0.39, 0.29) is 12.4 Å². The monoisotopic (exact) mass is 283 g/mol. The third-order valence-corrected chi connectivity index (χ3v) is 3.46. The van der Waals surface area contributed by atoms with Gasteiger partial charge in [-0.1, -0.05) is 23.7 Å². The number of fused-ring (bicyclic) bond motifs is 1. The molecule has 0 unspecified atom stereocenters. The number of hydrogen-bond acceptors (Lipinski definition) is 3. The summed E-state index contributed by atoms with van der Waals surface area (Å²) in [5.74, 6) is 0. The van der Waals surface area contributed by atoms with E-state index in [1.165, 1.54) is 5.69 Å².